The summed E-state index contributed by atoms with van der Waals surface area (Å²) in [4.78, 5) is 26.1. The van der Waals surface area contributed by atoms with Crippen LogP contribution in [0.25, 0.3) is 0 Å². The third kappa shape index (κ3) is 2.78. The first-order valence-corrected chi connectivity index (χ1v) is 7.22. The van der Waals surface area contributed by atoms with Gasteiger partial charge in [0, 0.05) is 11.4 Å². The lowest BCUT2D eigenvalue weighted by molar-refractivity contribution is 0.0222. The average Bonchev–Trinajstić information content (AvgIpc) is 2.65. The first-order chi connectivity index (χ1) is 9.41. The highest BCUT2D eigenvalue weighted by Gasteiger charge is 2.26. The number of carbonyl (C=O) groups is 2. The van der Waals surface area contributed by atoms with Gasteiger partial charge in [-0.05, 0) is 26.3 Å². The van der Waals surface area contributed by atoms with Crippen LogP contribution in [0.2, 0.25) is 0 Å². The summed E-state index contributed by atoms with van der Waals surface area (Å²) in [6, 6.07) is -0.288. The average molecular weight is 298 g/mol. The van der Waals surface area contributed by atoms with Crippen LogP contribution in [0, 0.1) is 13.8 Å². The fourth-order valence-electron chi connectivity index (χ4n) is 2.17. The molecule has 0 aliphatic carbocycles. The van der Waals surface area contributed by atoms with E-state index in [1.165, 1.54) is 11.3 Å². The molecule has 0 radical (unpaired) electrons. The van der Waals surface area contributed by atoms with Gasteiger partial charge in [-0.2, -0.15) is 0 Å². The van der Waals surface area contributed by atoms with E-state index < -0.39 is 5.97 Å². The Hall–Kier alpha value is -1.60. The summed E-state index contributed by atoms with van der Waals surface area (Å²) >= 11 is 1.29. The monoisotopic (exact) mass is 298 g/mol. The molecule has 1 aliphatic rings. The summed E-state index contributed by atoms with van der Waals surface area (Å²) in [5.74, 6) is -1.02. The highest BCUT2D eigenvalue weighted by molar-refractivity contribution is 7.16. The van der Waals surface area contributed by atoms with Gasteiger partial charge in [-0.15, -0.1) is 11.3 Å². The number of hydrogen-bond donors (Lipinski definition) is 2. The van der Waals surface area contributed by atoms with Crippen molar-refractivity contribution >= 4 is 28.3 Å². The smallest absolute Gasteiger partial charge is 0.338 e. The van der Waals surface area contributed by atoms with Crippen LogP contribution in [0.1, 0.15) is 27.7 Å². The van der Waals surface area contributed by atoms with Gasteiger partial charge in [-0.25, -0.2) is 9.59 Å². The molecule has 0 saturated carbocycles. The molecule has 0 bridgehead atoms. The van der Waals surface area contributed by atoms with E-state index in [-0.39, 0.29) is 17.6 Å². The zero-order valence-electron chi connectivity index (χ0n) is 11.7. The number of ether oxygens (including phenoxy) is 1. The Balaban J connectivity index is 2.19. The van der Waals surface area contributed by atoms with E-state index in [9.17, 15) is 14.7 Å². The fourth-order valence-corrected chi connectivity index (χ4v) is 3.21. The van der Waals surface area contributed by atoms with E-state index in [1.807, 2.05) is 13.8 Å². The van der Waals surface area contributed by atoms with E-state index in [4.69, 9.17) is 4.74 Å². The van der Waals surface area contributed by atoms with Gasteiger partial charge in [-0.3, -0.25) is 5.32 Å². The van der Waals surface area contributed by atoms with Crippen molar-refractivity contribution in [3.8, 4) is 0 Å². The highest BCUT2D eigenvalue weighted by Crippen LogP contribution is 2.32. The number of anilines is 1. The SMILES string of the molecule is Cc1sc(NC(=O)N2CCOC[C@H]2C)c(C(=O)O)c1C. The predicted octanol–water partition coefficient (Wildman–Crippen LogP) is 2.32. The van der Waals surface area contributed by atoms with E-state index in [0.29, 0.717) is 30.3 Å². The molecule has 0 aromatic carbocycles. The van der Waals surface area contributed by atoms with Crippen molar-refractivity contribution in [3.63, 3.8) is 0 Å². The summed E-state index contributed by atoms with van der Waals surface area (Å²) in [7, 11) is 0. The maximum absolute atomic E-state index is 12.2. The van der Waals surface area contributed by atoms with Crippen LogP contribution in [0.3, 0.4) is 0 Å². The lowest BCUT2D eigenvalue weighted by atomic mass is 10.1. The number of amides is 2. The molecular formula is C13H18N2O4S. The second-order valence-corrected chi connectivity index (χ2v) is 6.06. The van der Waals surface area contributed by atoms with E-state index >= 15 is 0 Å². The summed E-state index contributed by atoms with van der Waals surface area (Å²) in [5, 5.41) is 12.4. The number of nitrogens with one attached hydrogen (secondary N) is 1. The Morgan fingerprint density at radius 2 is 2.15 bits per heavy atom. The van der Waals surface area contributed by atoms with E-state index in [2.05, 4.69) is 5.32 Å². The lowest BCUT2D eigenvalue weighted by Gasteiger charge is -2.33. The number of aromatic carboxylic acids is 1. The third-order valence-electron chi connectivity index (χ3n) is 3.45. The van der Waals surface area contributed by atoms with Crippen LogP contribution in [-0.2, 0) is 4.74 Å². The zero-order chi connectivity index (χ0) is 14.9. The van der Waals surface area contributed by atoms with Crippen molar-refractivity contribution < 1.29 is 19.4 Å². The van der Waals surface area contributed by atoms with Crippen molar-refractivity contribution in [2.24, 2.45) is 0 Å². The van der Waals surface area contributed by atoms with Crippen LogP contribution in [0.4, 0.5) is 9.80 Å². The molecule has 20 heavy (non-hydrogen) atoms. The molecule has 0 spiro atoms. The fraction of sp³-hybridized carbons (Fsp3) is 0.538. The van der Waals surface area contributed by atoms with E-state index in [0.717, 1.165) is 4.88 Å². The lowest BCUT2D eigenvalue weighted by Crippen LogP contribution is -2.48. The normalized spacial score (nSPS) is 18.9. The molecule has 110 valence electrons. The molecule has 2 amide bonds. The Kier molecular flexibility index (Phi) is 4.29. The number of rotatable bonds is 2. The number of carbonyl (C=O) groups excluding carboxylic acids is 1. The quantitative estimate of drug-likeness (QED) is 0.878. The first-order valence-electron chi connectivity index (χ1n) is 6.40. The van der Waals surface area contributed by atoms with Crippen molar-refractivity contribution in [3.05, 3.63) is 16.0 Å². The third-order valence-corrected chi connectivity index (χ3v) is 4.57. The zero-order valence-corrected chi connectivity index (χ0v) is 12.5. The Labute approximate surface area is 121 Å². The van der Waals surface area contributed by atoms with Gasteiger partial charge in [0.1, 0.15) is 5.00 Å². The van der Waals surface area contributed by atoms with Gasteiger partial charge >= 0.3 is 12.0 Å². The molecule has 0 unspecified atom stereocenters. The van der Waals surface area contributed by atoms with E-state index in [1.54, 1.807) is 11.8 Å². The molecule has 1 aliphatic heterocycles. The van der Waals surface area contributed by atoms with Crippen LogP contribution in [-0.4, -0.2) is 47.8 Å². The van der Waals surface area contributed by atoms with Gasteiger partial charge in [-0.1, -0.05) is 0 Å². The molecule has 7 heteroatoms. The van der Waals surface area contributed by atoms with Gasteiger partial charge < -0.3 is 14.7 Å². The Morgan fingerprint density at radius 1 is 1.45 bits per heavy atom. The topological polar surface area (TPSA) is 78.9 Å². The Bertz CT molecular complexity index is 541. The number of morpholine rings is 1. The van der Waals surface area contributed by atoms with Crippen molar-refractivity contribution in [1.29, 1.82) is 0 Å². The number of aryl methyl sites for hydroxylation is 1. The largest absolute Gasteiger partial charge is 0.478 e. The van der Waals surface area contributed by atoms with Crippen LogP contribution >= 0.6 is 11.3 Å². The minimum atomic E-state index is -1.02. The second kappa shape index (κ2) is 5.80. The van der Waals surface area contributed by atoms with Gasteiger partial charge in [0.15, 0.2) is 0 Å². The molecule has 1 aromatic rings. The number of hydrogen-bond acceptors (Lipinski definition) is 4. The number of carboxylic acid groups (broad SMARTS) is 1. The minimum absolute atomic E-state index is 0.0146. The number of nitrogens with zero attached hydrogens (tertiary/aromatic N) is 1. The van der Waals surface area contributed by atoms with Crippen molar-refractivity contribution in [1.82, 2.24) is 4.90 Å². The van der Waals surface area contributed by atoms with Crippen LogP contribution in [0.5, 0.6) is 0 Å². The maximum Gasteiger partial charge on any atom is 0.338 e. The van der Waals surface area contributed by atoms with Crippen LogP contribution < -0.4 is 5.32 Å². The number of urea groups is 1. The molecule has 2 N–H and O–H groups in total. The summed E-state index contributed by atoms with van der Waals surface area (Å²) in [6.45, 7) is 7.02. The summed E-state index contributed by atoms with van der Waals surface area (Å²) in [6.07, 6.45) is 0. The molecule has 1 aromatic heterocycles. The second-order valence-electron chi connectivity index (χ2n) is 4.84. The predicted molar refractivity (Wildman–Crippen MR) is 76.8 cm³/mol. The molecular weight excluding hydrogens is 280 g/mol. The van der Waals surface area contributed by atoms with Crippen molar-refractivity contribution in [2.45, 2.75) is 26.8 Å². The Morgan fingerprint density at radius 3 is 2.75 bits per heavy atom. The molecule has 2 rings (SSSR count). The highest BCUT2D eigenvalue weighted by atomic mass is 32.1. The summed E-state index contributed by atoms with van der Waals surface area (Å²) in [5.41, 5.74) is 0.884. The van der Waals surface area contributed by atoms with Crippen LogP contribution in [0.15, 0.2) is 0 Å². The molecule has 2 heterocycles. The molecule has 6 nitrogen and oxygen atoms in total. The van der Waals surface area contributed by atoms with Gasteiger partial charge in [0.05, 0.1) is 24.8 Å². The molecule has 1 fully saturated rings. The first kappa shape index (κ1) is 14.8. The van der Waals surface area contributed by atoms with Gasteiger partial charge in [0.25, 0.3) is 0 Å². The molecule has 1 atom stereocenters. The maximum atomic E-state index is 12.2. The number of carboxylic acids is 1. The number of thiophene rings is 1. The standard InChI is InChI=1S/C13H18N2O4S/c1-7-6-19-5-4-15(7)13(18)14-11-10(12(16)17)8(2)9(3)20-11/h7H,4-6H2,1-3H3,(H,14,18)(H,16,17)/t7-/m1/s1. The minimum Gasteiger partial charge on any atom is -0.478 e. The summed E-state index contributed by atoms with van der Waals surface area (Å²) < 4.78 is 5.28. The molecule has 1 saturated heterocycles. The van der Waals surface area contributed by atoms with Gasteiger partial charge in [0.2, 0.25) is 0 Å². The van der Waals surface area contributed by atoms with Crippen molar-refractivity contribution in [2.75, 3.05) is 25.1 Å².